The molecule has 0 aromatic heterocycles. The molecular weight excluding hydrogens is 464 g/mol. The number of methoxy groups -OCH3 is 1. The van der Waals surface area contributed by atoms with Crippen molar-refractivity contribution in [1.29, 1.82) is 0 Å². The van der Waals surface area contributed by atoms with Gasteiger partial charge in [0.05, 0.1) is 12.7 Å². The molecule has 37 heavy (non-hydrogen) atoms. The predicted molar refractivity (Wildman–Crippen MR) is 148 cm³/mol. The van der Waals surface area contributed by atoms with Crippen molar-refractivity contribution in [2.75, 3.05) is 40.5 Å². The maximum absolute atomic E-state index is 13.2. The number of rotatable bonds is 16. The van der Waals surface area contributed by atoms with Crippen LogP contribution in [0.15, 0.2) is 60.7 Å². The van der Waals surface area contributed by atoms with E-state index in [1.165, 1.54) is 19.3 Å². The van der Waals surface area contributed by atoms with Crippen LogP contribution in [-0.2, 0) is 27.4 Å². The van der Waals surface area contributed by atoms with Crippen LogP contribution >= 0.6 is 0 Å². The molecule has 0 saturated heterocycles. The quantitative estimate of drug-likeness (QED) is 0.248. The third-order valence-electron chi connectivity index (χ3n) is 7.18. The SMILES string of the molecule is COCCN(C)CCCCCCO[C@H]1CC[C@H](N(Cc2ccccc2)C(=O)OCc2ccccc2)CC1. The number of hydrogen-bond acceptors (Lipinski definition) is 5. The van der Waals surface area contributed by atoms with Gasteiger partial charge in [0.15, 0.2) is 0 Å². The Morgan fingerprint density at radius 3 is 2.14 bits per heavy atom. The molecular formula is C31H46N2O4. The number of carbonyl (C=O) groups excluding carboxylic acids is 1. The van der Waals surface area contributed by atoms with Gasteiger partial charge in [-0.1, -0.05) is 73.5 Å². The number of amides is 1. The van der Waals surface area contributed by atoms with Gasteiger partial charge in [-0.05, 0) is 63.2 Å². The van der Waals surface area contributed by atoms with Crippen LogP contribution in [0.2, 0.25) is 0 Å². The minimum Gasteiger partial charge on any atom is -0.445 e. The Hall–Kier alpha value is -2.41. The summed E-state index contributed by atoms with van der Waals surface area (Å²) in [6, 6.07) is 20.2. The molecule has 0 heterocycles. The lowest BCUT2D eigenvalue weighted by molar-refractivity contribution is 0.00194. The molecule has 6 nitrogen and oxygen atoms in total. The molecule has 1 amide bonds. The summed E-state index contributed by atoms with van der Waals surface area (Å²) in [4.78, 5) is 17.4. The Morgan fingerprint density at radius 2 is 1.46 bits per heavy atom. The Labute approximate surface area is 223 Å². The standard InChI is InChI=1S/C31H46N2O4/c1-32(22-24-35-2)21-11-3-4-12-23-36-30-19-17-29(18-20-30)33(25-27-13-7-5-8-14-27)31(34)37-26-28-15-9-6-10-16-28/h5-10,13-16,29-30H,3-4,11-12,17-26H2,1-2H3/t29-,30-. The topological polar surface area (TPSA) is 51.2 Å². The van der Waals surface area contributed by atoms with Gasteiger partial charge in [0.2, 0.25) is 0 Å². The Balaban J connectivity index is 1.38. The highest BCUT2D eigenvalue weighted by molar-refractivity contribution is 5.68. The van der Waals surface area contributed by atoms with Crippen LogP contribution in [0.25, 0.3) is 0 Å². The summed E-state index contributed by atoms with van der Waals surface area (Å²) in [5.41, 5.74) is 2.13. The summed E-state index contributed by atoms with van der Waals surface area (Å²) in [6.07, 6.45) is 8.76. The molecule has 1 aliphatic carbocycles. The summed E-state index contributed by atoms with van der Waals surface area (Å²) < 4.78 is 17.1. The molecule has 0 N–H and O–H groups in total. The van der Waals surface area contributed by atoms with Gasteiger partial charge in [0.1, 0.15) is 6.61 Å². The zero-order valence-electron chi connectivity index (χ0n) is 22.9. The second-order valence-electron chi connectivity index (χ2n) is 10.2. The summed E-state index contributed by atoms with van der Waals surface area (Å²) in [7, 11) is 3.91. The van der Waals surface area contributed by atoms with Crippen molar-refractivity contribution in [1.82, 2.24) is 9.80 Å². The van der Waals surface area contributed by atoms with Crippen molar-refractivity contribution in [2.24, 2.45) is 0 Å². The van der Waals surface area contributed by atoms with E-state index >= 15 is 0 Å². The first kappa shape index (κ1) is 29.2. The largest absolute Gasteiger partial charge is 0.445 e. The summed E-state index contributed by atoms with van der Waals surface area (Å²) >= 11 is 0. The lowest BCUT2D eigenvalue weighted by atomic mass is 9.91. The van der Waals surface area contributed by atoms with E-state index in [0.717, 1.165) is 69.5 Å². The van der Waals surface area contributed by atoms with Gasteiger partial charge < -0.3 is 24.0 Å². The summed E-state index contributed by atoms with van der Waals surface area (Å²) in [6.45, 7) is 4.63. The smallest absolute Gasteiger partial charge is 0.410 e. The van der Waals surface area contributed by atoms with Crippen molar-refractivity contribution in [3.05, 3.63) is 71.8 Å². The van der Waals surface area contributed by atoms with Crippen LogP contribution in [0.3, 0.4) is 0 Å². The minimum atomic E-state index is -0.232. The maximum atomic E-state index is 13.2. The second kappa shape index (κ2) is 17.2. The average molecular weight is 511 g/mol. The number of unbranched alkanes of at least 4 members (excludes halogenated alkanes) is 3. The van der Waals surface area contributed by atoms with Gasteiger partial charge in [-0.2, -0.15) is 0 Å². The highest BCUT2D eigenvalue weighted by Crippen LogP contribution is 2.27. The first-order chi connectivity index (χ1) is 18.2. The number of benzene rings is 2. The zero-order valence-corrected chi connectivity index (χ0v) is 22.9. The lowest BCUT2D eigenvalue weighted by Gasteiger charge is -2.36. The van der Waals surface area contributed by atoms with Crippen LogP contribution in [0, 0.1) is 0 Å². The van der Waals surface area contributed by atoms with Crippen LogP contribution in [0.1, 0.15) is 62.5 Å². The first-order valence-electron chi connectivity index (χ1n) is 14.0. The predicted octanol–water partition coefficient (Wildman–Crippen LogP) is 6.29. The molecule has 2 aromatic rings. The van der Waals surface area contributed by atoms with Crippen molar-refractivity contribution in [2.45, 2.75) is 76.7 Å². The molecule has 0 aliphatic heterocycles. The monoisotopic (exact) mass is 510 g/mol. The van der Waals surface area contributed by atoms with Gasteiger partial charge in [0, 0.05) is 32.8 Å². The number of ether oxygens (including phenoxy) is 3. The molecule has 6 heteroatoms. The number of hydrogen-bond donors (Lipinski definition) is 0. The van der Waals surface area contributed by atoms with Crippen LogP contribution in [0.5, 0.6) is 0 Å². The van der Waals surface area contributed by atoms with E-state index in [9.17, 15) is 4.79 Å². The normalized spacial score (nSPS) is 17.6. The number of nitrogens with zero attached hydrogens (tertiary/aromatic N) is 2. The van der Waals surface area contributed by atoms with Crippen molar-refractivity contribution >= 4 is 6.09 Å². The number of likely N-dealkylation sites (N-methyl/N-ethyl adjacent to an activating group) is 1. The van der Waals surface area contributed by atoms with Crippen LogP contribution in [-0.4, -0.2) is 68.5 Å². The van der Waals surface area contributed by atoms with E-state index in [1.54, 1.807) is 7.11 Å². The molecule has 1 fully saturated rings. The average Bonchev–Trinajstić information content (AvgIpc) is 2.94. The Morgan fingerprint density at radius 1 is 0.811 bits per heavy atom. The Bertz CT molecular complexity index is 856. The third-order valence-corrected chi connectivity index (χ3v) is 7.18. The molecule has 0 unspecified atom stereocenters. The molecule has 0 bridgehead atoms. The molecule has 0 atom stereocenters. The fourth-order valence-electron chi connectivity index (χ4n) is 4.89. The highest BCUT2D eigenvalue weighted by Gasteiger charge is 2.30. The van der Waals surface area contributed by atoms with Gasteiger partial charge in [0.25, 0.3) is 0 Å². The maximum Gasteiger partial charge on any atom is 0.410 e. The Kier molecular flexibility index (Phi) is 13.5. The van der Waals surface area contributed by atoms with E-state index in [4.69, 9.17) is 14.2 Å². The van der Waals surface area contributed by atoms with E-state index < -0.39 is 0 Å². The number of carbonyl (C=O) groups is 1. The molecule has 3 rings (SSSR count). The van der Waals surface area contributed by atoms with Gasteiger partial charge in [-0.25, -0.2) is 4.79 Å². The van der Waals surface area contributed by atoms with Gasteiger partial charge in [-0.3, -0.25) is 0 Å². The van der Waals surface area contributed by atoms with E-state index in [1.807, 2.05) is 53.4 Å². The fraction of sp³-hybridized carbons (Fsp3) is 0.581. The molecule has 0 spiro atoms. The van der Waals surface area contributed by atoms with E-state index in [2.05, 4.69) is 24.1 Å². The van der Waals surface area contributed by atoms with E-state index in [-0.39, 0.29) is 12.1 Å². The molecule has 1 aliphatic rings. The van der Waals surface area contributed by atoms with Gasteiger partial charge >= 0.3 is 6.09 Å². The second-order valence-corrected chi connectivity index (χ2v) is 10.2. The first-order valence-corrected chi connectivity index (χ1v) is 14.0. The summed E-state index contributed by atoms with van der Waals surface area (Å²) in [5.74, 6) is 0. The van der Waals surface area contributed by atoms with E-state index in [0.29, 0.717) is 19.3 Å². The van der Waals surface area contributed by atoms with Crippen LogP contribution < -0.4 is 0 Å². The highest BCUT2D eigenvalue weighted by atomic mass is 16.6. The molecule has 204 valence electrons. The lowest BCUT2D eigenvalue weighted by Crippen LogP contribution is -2.43. The van der Waals surface area contributed by atoms with Crippen molar-refractivity contribution in [3.8, 4) is 0 Å². The fourth-order valence-corrected chi connectivity index (χ4v) is 4.89. The van der Waals surface area contributed by atoms with Crippen molar-refractivity contribution < 1.29 is 19.0 Å². The molecule has 1 saturated carbocycles. The van der Waals surface area contributed by atoms with Crippen LogP contribution in [0.4, 0.5) is 4.79 Å². The summed E-state index contributed by atoms with van der Waals surface area (Å²) in [5, 5.41) is 0. The molecule has 0 radical (unpaired) electrons. The third kappa shape index (κ3) is 11.2. The van der Waals surface area contributed by atoms with Crippen molar-refractivity contribution in [3.63, 3.8) is 0 Å². The van der Waals surface area contributed by atoms with Gasteiger partial charge in [-0.15, -0.1) is 0 Å². The molecule has 2 aromatic carbocycles. The zero-order chi connectivity index (χ0) is 26.1. The minimum absolute atomic E-state index is 0.179.